The van der Waals surface area contributed by atoms with Crippen molar-refractivity contribution < 1.29 is 0 Å². The zero-order valence-corrected chi connectivity index (χ0v) is 14.3. The normalized spacial score (nSPS) is 12.5. The van der Waals surface area contributed by atoms with Gasteiger partial charge in [-0.15, -0.1) is 0 Å². The summed E-state index contributed by atoms with van der Waals surface area (Å²) in [4.78, 5) is 0. The molecule has 0 aromatic carbocycles. The van der Waals surface area contributed by atoms with Gasteiger partial charge in [-0.2, -0.15) is 0 Å². The van der Waals surface area contributed by atoms with Crippen molar-refractivity contribution in [1.82, 2.24) is 0 Å². The summed E-state index contributed by atoms with van der Waals surface area (Å²) in [6.45, 7) is 6.85. The molecule has 0 bridgehead atoms. The molecule has 0 saturated carbocycles. The minimum absolute atomic E-state index is 0.144. The van der Waals surface area contributed by atoms with Gasteiger partial charge in [-0.3, -0.25) is 0 Å². The molecule has 0 aliphatic heterocycles. The van der Waals surface area contributed by atoms with E-state index in [1.54, 1.807) is 3.62 Å². The second kappa shape index (κ2) is 14.3. The molecular formula is C16H30Te. The molecule has 0 atom stereocenters. The van der Waals surface area contributed by atoms with Crippen molar-refractivity contribution >= 4 is 20.9 Å². The Kier molecular flexibility index (Phi) is 14.6. The molecule has 0 rings (SSSR count). The number of unbranched alkanes of at least 4 members (excludes halogenated alkanes) is 4. The van der Waals surface area contributed by atoms with Crippen LogP contribution in [0, 0.1) is 0 Å². The standard InChI is InChI=1S/C16H30Te/c1-4-7-10-11-12-14-16(13-8-5-2)17-15-9-6-3/h11-12,14H,4-10,13,15H2,1-3H3/b12-11+,16-14+. The topological polar surface area (TPSA) is 0 Å². The first-order valence-corrected chi connectivity index (χ1v) is 10.1. The number of allylic oxidation sites excluding steroid dienone is 4. The van der Waals surface area contributed by atoms with Crippen LogP contribution < -0.4 is 0 Å². The molecule has 0 aromatic heterocycles. The molecule has 0 N–H and O–H groups in total. The van der Waals surface area contributed by atoms with Gasteiger partial charge in [0.25, 0.3) is 0 Å². The van der Waals surface area contributed by atoms with Gasteiger partial charge in [0.05, 0.1) is 0 Å². The van der Waals surface area contributed by atoms with E-state index in [0.29, 0.717) is 0 Å². The molecule has 0 heterocycles. The Morgan fingerprint density at radius 3 is 2.29 bits per heavy atom. The predicted octanol–water partition coefficient (Wildman–Crippen LogP) is 5.73. The molecule has 0 aliphatic carbocycles. The van der Waals surface area contributed by atoms with Gasteiger partial charge in [0.15, 0.2) is 0 Å². The van der Waals surface area contributed by atoms with Gasteiger partial charge in [-0.1, -0.05) is 0 Å². The monoisotopic (exact) mass is 352 g/mol. The molecule has 0 spiro atoms. The summed E-state index contributed by atoms with van der Waals surface area (Å²) < 4.78 is 3.29. The summed E-state index contributed by atoms with van der Waals surface area (Å²) in [7, 11) is 0. The first-order valence-electron chi connectivity index (χ1n) is 7.33. The molecule has 0 fully saturated rings. The average Bonchev–Trinajstić information content (AvgIpc) is 2.35. The maximum absolute atomic E-state index is 2.43. The zero-order chi connectivity index (χ0) is 12.8. The summed E-state index contributed by atoms with van der Waals surface area (Å²) in [5.74, 6) is 0. The van der Waals surface area contributed by atoms with E-state index < -0.39 is 0 Å². The molecule has 0 amide bonds. The van der Waals surface area contributed by atoms with Crippen LogP contribution in [0.15, 0.2) is 21.8 Å². The molecule has 0 radical (unpaired) electrons. The van der Waals surface area contributed by atoms with Crippen molar-refractivity contribution in [3.8, 4) is 0 Å². The maximum atomic E-state index is 2.43. The third-order valence-corrected chi connectivity index (χ3v) is 6.14. The summed E-state index contributed by atoms with van der Waals surface area (Å²) in [6.07, 6.45) is 17.9. The molecule has 0 saturated heterocycles. The summed E-state index contributed by atoms with van der Waals surface area (Å²) in [5, 5.41) is 0. The van der Waals surface area contributed by atoms with Crippen molar-refractivity contribution in [3.63, 3.8) is 0 Å². The summed E-state index contributed by atoms with van der Waals surface area (Å²) in [6, 6.07) is 0. The quantitative estimate of drug-likeness (QED) is 0.254. The van der Waals surface area contributed by atoms with Gasteiger partial charge in [-0.05, 0) is 0 Å². The van der Waals surface area contributed by atoms with Crippen LogP contribution in [0.25, 0.3) is 0 Å². The summed E-state index contributed by atoms with van der Waals surface area (Å²) in [5.41, 5.74) is 0. The number of hydrogen-bond acceptors (Lipinski definition) is 0. The Morgan fingerprint density at radius 1 is 0.941 bits per heavy atom. The third kappa shape index (κ3) is 12.5. The van der Waals surface area contributed by atoms with Crippen molar-refractivity contribution in [1.29, 1.82) is 0 Å². The number of hydrogen-bond donors (Lipinski definition) is 0. The van der Waals surface area contributed by atoms with E-state index in [1.165, 1.54) is 55.8 Å². The van der Waals surface area contributed by atoms with E-state index in [9.17, 15) is 0 Å². The molecule has 0 nitrogen and oxygen atoms in total. The van der Waals surface area contributed by atoms with Gasteiger partial charge in [0, 0.05) is 0 Å². The zero-order valence-electron chi connectivity index (χ0n) is 12.0. The Labute approximate surface area is 119 Å². The van der Waals surface area contributed by atoms with Gasteiger partial charge in [0.2, 0.25) is 0 Å². The van der Waals surface area contributed by atoms with E-state index in [2.05, 4.69) is 39.0 Å². The number of rotatable bonds is 11. The molecular weight excluding hydrogens is 320 g/mol. The first kappa shape index (κ1) is 17.3. The summed E-state index contributed by atoms with van der Waals surface area (Å²) >= 11 is 0.144. The van der Waals surface area contributed by atoms with Gasteiger partial charge >= 0.3 is 119 Å². The van der Waals surface area contributed by atoms with Crippen LogP contribution in [-0.2, 0) is 0 Å². The fourth-order valence-corrected chi connectivity index (χ4v) is 4.80. The first-order chi connectivity index (χ1) is 8.35. The van der Waals surface area contributed by atoms with Gasteiger partial charge in [0.1, 0.15) is 0 Å². The van der Waals surface area contributed by atoms with Crippen LogP contribution >= 0.6 is 0 Å². The second-order valence-corrected chi connectivity index (χ2v) is 7.99. The van der Waals surface area contributed by atoms with Gasteiger partial charge in [-0.25, -0.2) is 0 Å². The second-order valence-electron chi connectivity index (χ2n) is 4.51. The Morgan fingerprint density at radius 2 is 1.65 bits per heavy atom. The van der Waals surface area contributed by atoms with Crippen LogP contribution in [0.4, 0.5) is 0 Å². The van der Waals surface area contributed by atoms with Crippen molar-refractivity contribution in [3.05, 3.63) is 21.8 Å². The van der Waals surface area contributed by atoms with Crippen LogP contribution in [-0.4, -0.2) is 20.9 Å². The van der Waals surface area contributed by atoms with E-state index in [4.69, 9.17) is 0 Å². The molecule has 17 heavy (non-hydrogen) atoms. The van der Waals surface area contributed by atoms with Crippen LogP contribution in [0.1, 0.15) is 72.1 Å². The van der Waals surface area contributed by atoms with Crippen molar-refractivity contribution in [2.24, 2.45) is 0 Å². The Balaban J connectivity index is 3.95. The van der Waals surface area contributed by atoms with E-state index >= 15 is 0 Å². The fraction of sp³-hybridized carbons (Fsp3) is 0.750. The Bertz CT molecular complexity index is 204. The Hall–Kier alpha value is 0.270. The minimum atomic E-state index is 0.144. The van der Waals surface area contributed by atoms with E-state index in [-0.39, 0.29) is 20.9 Å². The molecule has 100 valence electrons. The molecule has 0 aromatic rings. The van der Waals surface area contributed by atoms with Crippen molar-refractivity contribution in [2.75, 3.05) is 0 Å². The predicted molar refractivity (Wildman–Crippen MR) is 81.7 cm³/mol. The molecule has 0 aliphatic rings. The van der Waals surface area contributed by atoms with Crippen LogP contribution in [0.2, 0.25) is 4.47 Å². The molecule has 1 heteroatoms. The van der Waals surface area contributed by atoms with E-state index in [1.807, 2.05) is 0 Å². The third-order valence-electron chi connectivity index (χ3n) is 2.70. The average molecular weight is 350 g/mol. The SMILES string of the molecule is CCCC/C=C/C=C(\CCCC)[Te]CCCC. The van der Waals surface area contributed by atoms with Crippen LogP contribution in [0.5, 0.6) is 0 Å². The molecule has 0 unspecified atom stereocenters. The fourth-order valence-electron chi connectivity index (χ4n) is 1.50. The van der Waals surface area contributed by atoms with Crippen LogP contribution in [0.3, 0.4) is 0 Å². The van der Waals surface area contributed by atoms with Crippen molar-refractivity contribution in [2.45, 2.75) is 76.6 Å². The van der Waals surface area contributed by atoms with E-state index in [0.717, 1.165) is 0 Å². The van der Waals surface area contributed by atoms with Gasteiger partial charge < -0.3 is 0 Å².